The number of nitrogens with zero attached hydrogens (tertiary/aromatic N) is 2. The maximum absolute atomic E-state index is 12.2. The van der Waals surface area contributed by atoms with Crippen molar-refractivity contribution in [3.05, 3.63) is 23.8 Å². The van der Waals surface area contributed by atoms with Gasteiger partial charge >= 0.3 is 7.60 Å². The zero-order valence-corrected chi connectivity index (χ0v) is 10.7. The van der Waals surface area contributed by atoms with E-state index < -0.39 is 7.60 Å². The van der Waals surface area contributed by atoms with E-state index in [1.54, 1.807) is 26.2 Å². The number of aryl methyl sites for hydroxylation is 1. The Morgan fingerprint density at radius 2 is 1.81 bits per heavy atom. The summed E-state index contributed by atoms with van der Waals surface area (Å²) in [5.41, 5.74) is 1.45. The summed E-state index contributed by atoms with van der Waals surface area (Å²) in [4.78, 5) is 8.22. The van der Waals surface area contributed by atoms with Crippen LogP contribution in [0.3, 0.4) is 0 Å². The lowest BCUT2D eigenvalue weighted by Crippen LogP contribution is -2.01. The van der Waals surface area contributed by atoms with Crippen LogP contribution in [0.4, 0.5) is 0 Å². The van der Waals surface area contributed by atoms with Crippen LogP contribution in [0.1, 0.15) is 25.2 Å². The van der Waals surface area contributed by atoms with Crippen molar-refractivity contribution in [2.24, 2.45) is 0 Å². The van der Waals surface area contributed by atoms with Crippen molar-refractivity contribution in [1.29, 1.82) is 0 Å². The first kappa shape index (κ1) is 13.3. The van der Waals surface area contributed by atoms with Crippen molar-refractivity contribution in [3.63, 3.8) is 0 Å². The Morgan fingerprint density at radius 3 is 2.25 bits per heavy atom. The molecule has 1 aromatic heterocycles. The summed E-state index contributed by atoms with van der Waals surface area (Å²) < 4.78 is 22.5. The van der Waals surface area contributed by atoms with Gasteiger partial charge in [0.1, 0.15) is 0 Å². The molecule has 0 amide bonds. The Kier molecular flexibility index (Phi) is 5.06. The normalized spacial score (nSPS) is 11.7. The molecule has 0 atom stereocenters. The zero-order valence-electron chi connectivity index (χ0n) is 9.84. The SMILES string of the molecule is CCOP(=O)(Cc1cnc(C)cn1)OCC. The summed E-state index contributed by atoms with van der Waals surface area (Å²) in [6, 6.07) is 0. The first-order valence-electron chi connectivity index (χ1n) is 5.25. The molecule has 0 aromatic carbocycles. The Bertz CT molecular complexity index is 357. The molecule has 0 radical (unpaired) electrons. The summed E-state index contributed by atoms with van der Waals surface area (Å²) in [6.07, 6.45) is 3.40. The molecular formula is C10H17N2O3P. The fraction of sp³-hybridized carbons (Fsp3) is 0.600. The van der Waals surface area contributed by atoms with Gasteiger partial charge in [0.05, 0.1) is 30.8 Å². The molecule has 0 spiro atoms. The second-order valence-corrected chi connectivity index (χ2v) is 5.31. The molecule has 0 saturated heterocycles. The van der Waals surface area contributed by atoms with Crippen LogP contribution >= 0.6 is 7.60 Å². The van der Waals surface area contributed by atoms with Gasteiger partial charge in [0, 0.05) is 12.4 Å². The van der Waals surface area contributed by atoms with E-state index in [1.165, 1.54) is 0 Å². The molecule has 6 heteroatoms. The molecule has 1 heterocycles. The molecule has 1 rings (SSSR count). The van der Waals surface area contributed by atoms with Gasteiger partial charge in [-0.1, -0.05) is 0 Å². The first-order chi connectivity index (χ1) is 7.59. The minimum absolute atomic E-state index is 0.169. The van der Waals surface area contributed by atoms with Crippen molar-refractivity contribution in [3.8, 4) is 0 Å². The molecule has 16 heavy (non-hydrogen) atoms. The number of rotatable bonds is 6. The van der Waals surface area contributed by atoms with E-state index in [0.717, 1.165) is 5.69 Å². The summed E-state index contributed by atoms with van der Waals surface area (Å²) in [6.45, 7) is 6.13. The number of hydrogen-bond donors (Lipinski definition) is 0. The Morgan fingerprint density at radius 1 is 1.19 bits per heavy atom. The van der Waals surface area contributed by atoms with Gasteiger partial charge in [-0.15, -0.1) is 0 Å². The van der Waals surface area contributed by atoms with Gasteiger partial charge in [-0.25, -0.2) is 0 Å². The van der Waals surface area contributed by atoms with Crippen LogP contribution in [-0.2, 0) is 19.8 Å². The van der Waals surface area contributed by atoms with Crippen LogP contribution in [0.2, 0.25) is 0 Å². The third-order valence-electron chi connectivity index (χ3n) is 1.84. The minimum Gasteiger partial charge on any atom is -0.309 e. The highest BCUT2D eigenvalue weighted by atomic mass is 31.2. The lowest BCUT2D eigenvalue weighted by atomic mass is 10.4. The highest BCUT2D eigenvalue weighted by molar-refractivity contribution is 7.53. The van der Waals surface area contributed by atoms with Gasteiger partial charge in [0.15, 0.2) is 0 Å². The predicted molar refractivity (Wildman–Crippen MR) is 61.3 cm³/mol. The fourth-order valence-electron chi connectivity index (χ4n) is 1.22. The average Bonchev–Trinajstić information content (AvgIpc) is 2.22. The van der Waals surface area contributed by atoms with Gasteiger partial charge in [-0.2, -0.15) is 0 Å². The lowest BCUT2D eigenvalue weighted by Gasteiger charge is -2.16. The quantitative estimate of drug-likeness (QED) is 0.719. The summed E-state index contributed by atoms with van der Waals surface area (Å²) in [5.74, 6) is 0. The van der Waals surface area contributed by atoms with Crippen LogP contribution < -0.4 is 0 Å². The van der Waals surface area contributed by atoms with Crippen LogP contribution in [0, 0.1) is 6.92 Å². The van der Waals surface area contributed by atoms with E-state index in [-0.39, 0.29) is 6.16 Å². The molecule has 0 fully saturated rings. The molecule has 90 valence electrons. The van der Waals surface area contributed by atoms with Gasteiger partial charge in [-0.3, -0.25) is 14.5 Å². The van der Waals surface area contributed by atoms with Crippen LogP contribution in [0.15, 0.2) is 12.4 Å². The monoisotopic (exact) mass is 244 g/mol. The number of aromatic nitrogens is 2. The topological polar surface area (TPSA) is 61.3 Å². The van der Waals surface area contributed by atoms with Crippen molar-refractivity contribution < 1.29 is 13.6 Å². The minimum atomic E-state index is -3.06. The van der Waals surface area contributed by atoms with E-state index in [0.29, 0.717) is 18.9 Å². The second kappa shape index (κ2) is 6.09. The zero-order chi connectivity index (χ0) is 12.0. The molecule has 0 unspecified atom stereocenters. The summed E-state index contributed by atoms with van der Waals surface area (Å²) >= 11 is 0. The van der Waals surface area contributed by atoms with Gasteiger partial charge in [-0.05, 0) is 20.8 Å². The molecule has 0 aliphatic heterocycles. The van der Waals surface area contributed by atoms with E-state index in [2.05, 4.69) is 9.97 Å². The molecule has 0 saturated carbocycles. The molecule has 5 nitrogen and oxygen atoms in total. The third kappa shape index (κ3) is 4.00. The van der Waals surface area contributed by atoms with E-state index in [1.807, 2.05) is 6.92 Å². The van der Waals surface area contributed by atoms with Crippen molar-refractivity contribution >= 4 is 7.60 Å². The van der Waals surface area contributed by atoms with Crippen LogP contribution in [-0.4, -0.2) is 23.2 Å². The molecular weight excluding hydrogens is 227 g/mol. The maximum atomic E-state index is 12.2. The highest BCUT2D eigenvalue weighted by Crippen LogP contribution is 2.50. The second-order valence-electron chi connectivity index (χ2n) is 3.25. The van der Waals surface area contributed by atoms with Crippen molar-refractivity contribution in [2.75, 3.05) is 13.2 Å². The molecule has 1 aromatic rings. The third-order valence-corrected chi connectivity index (χ3v) is 3.86. The van der Waals surface area contributed by atoms with Crippen molar-refractivity contribution in [1.82, 2.24) is 9.97 Å². The largest absolute Gasteiger partial charge is 0.336 e. The fourth-order valence-corrected chi connectivity index (χ4v) is 2.83. The van der Waals surface area contributed by atoms with Crippen LogP contribution in [0.5, 0.6) is 0 Å². The average molecular weight is 244 g/mol. The van der Waals surface area contributed by atoms with Crippen LogP contribution in [0.25, 0.3) is 0 Å². The molecule has 0 N–H and O–H groups in total. The maximum Gasteiger partial charge on any atom is 0.336 e. The summed E-state index contributed by atoms with van der Waals surface area (Å²) in [5, 5.41) is 0. The van der Waals surface area contributed by atoms with Crippen molar-refractivity contribution in [2.45, 2.75) is 26.9 Å². The molecule has 0 aliphatic carbocycles. The van der Waals surface area contributed by atoms with Gasteiger partial charge in [0.2, 0.25) is 0 Å². The Labute approximate surface area is 95.8 Å². The lowest BCUT2D eigenvalue weighted by molar-refractivity contribution is 0.219. The van der Waals surface area contributed by atoms with E-state index in [9.17, 15) is 4.57 Å². The smallest absolute Gasteiger partial charge is 0.309 e. The predicted octanol–water partition coefficient (Wildman–Crippen LogP) is 2.55. The van der Waals surface area contributed by atoms with Gasteiger partial charge < -0.3 is 9.05 Å². The Balaban J connectivity index is 2.75. The number of hydrogen-bond acceptors (Lipinski definition) is 5. The summed E-state index contributed by atoms with van der Waals surface area (Å²) in [7, 11) is -3.06. The standard InChI is InChI=1S/C10H17N2O3P/c1-4-14-16(13,15-5-2)8-10-7-11-9(3)6-12-10/h6-7H,4-5,8H2,1-3H3. The van der Waals surface area contributed by atoms with E-state index in [4.69, 9.17) is 9.05 Å². The van der Waals surface area contributed by atoms with E-state index >= 15 is 0 Å². The molecule has 0 aliphatic rings. The first-order valence-corrected chi connectivity index (χ1v) is 6.98. The molecule has 0 bridgehead atoms. The van der Waals surface area contributed by atoms with Gasteiger partial charge in [0.25, 0.3) is 0 Å². The Hall–Kier alpha value is -0.770. The highest BCUT2D eigenvalue weighted by Gasteiger charge is 2.24.